The molecule has 1 fully saturated rings. The Morgan fingerprint density at radius 3 is 2.64 bits per heavy atom. The minimum atomic E-state index is 0.0324. The zero-order valence-electron chi connectivity index (χ0n) is 15.6. The quantitative estimate of drug-likeness (QED) is 0.876. The van der Waals surface area contributed by atoms with Crippen molar-refractivity contribution in [2.45, 2.75) is 39.8 Å². The molecular weight excluding hydrogens is 314 g/mol. The molecule has 0 atom stereocenters. The van der Waals surface area contributed by atoms with Gasteiger partial charge in [-0.3, -0.25) is 9.69 Å². The Morgan fingerprint density at radius 1 is 1.20 bits per heavy atom. The van der Waals surface area contributed by atoms with E-state index in [9.17, 15) is 4.79 Å². The van der Waals surface area contributed by atoms with Crippen LogP contribution in [0.25, 0.3) is 11.0 Å². The lowest BCUT2D eigenvalue weighted by atomic mass is 10.2. The highest BCUT2D eigenvalue weighted by molar-refractivity contribution is 5.92. The number of hydrogen-bond donors (Lipinski definition) is 1. The van der Waals surface area contributed by atoms with E-state index in [2.05, 4.69) is 39.7 Å². The number of carbonyl (C=O) groups excluding carboxylic acids is 1. The highest BCUT2D eigenvalue weighted by atomic mass is 16.1. The topological polar surface area (TPSA) is 53.4 Å². The van der Waals surface area contributed by atoms with Gasteiger partial charge in [0.15, 0.2) is 0 Å². The van der Waals surface area contributed by atoms with Gasteiger partial charge in [0.25, 0.3) is 0 Å². The van der Waals surface area contributed by atoms with Crippen molar-refractivity contribution in [3.63, 3.8) is 0 Å². The second-order valence-corrected chi connectivity index (χ2v) is 6.86. The first-order valence-corrected chi connectivity index (χ1v) is 9.30. The summed E-state index contributed by atoms with van der Waals surface area (Å²) in [6.45, 7) is 10.3. The summed E-state index contributed by atoms with van der Waals surface area (Å²) in [5.74, 6) is 1.16. The van der Waals surface area contributed by atoms with Crippen molar-refractivity contribution in [3.8, 4) is 0 Å². The van der Waals surface area contributed by atoms with Gasteiger partial charge in [0.2, 0.25) is 5.91 Å². The number of hydrogen-bond acceptors (Lipinski definition) is 4. The average molecular weight is 343 g/mol. The Balaban J connectivity index is 1.85. The lowest BCUT2D eigenvalue weighted by molar-refractivity contribution is -0.115. The molecule has 0 unspecified atom stereocenters. The third-order valence-electron chi connectivity index (χ3n) is 4.84. The fraction of sp³-hybridized carbons (Fsp3) is 0.579. The summed E-state index contributed by atoms with van der Waals surface area (Å²) in [7, 11) is 2.18. The zero-order chi connectivity index (χ0) is 17.8. The molecule has 1 aliphatic rings. The van der Waals surface area contributed by atoms with Gasteiger partial charge < -0.3 is 14.8 Å². The van der Waals surface area contributed by atoms with E-state index in [1.165, 1.54) is 0 Å². The van der Waals surface area contributed by atoms with Crippen molar-refractivity contribution in [2.24, 2.45) is 0 Å². The first-order valence-electron chi connectivity index (χ1n) is 9.30. The molecule has 2 aromatic rings. The van der Waals surface area contributed by atoms with Crippen LogP contribution in [-0.2, 0) is 17.9 Å². The van der Waals surface area contributed by atoms with Crippen molar-refractivity contribution in [2.75, 3.05) is 38.5 Å². The van der Waals surface area contributed by atoms with E-state index in [0.717, 1.165) is 68.2 Å². The van der Waals surface area contributed by atoms with Gasteiger partial charge in [0.05, 0.1) is 17.6 Å². The molecule has 0 saturated carbocycles. The Labute approximate surface area is 149 Å². The standard InChI is InChI=1S/C19H29N5O/c1-4-8-24-17-7-6-15(20-19(25)5-2)13-16(17)21-18(24)14-23-11-9-22(3)10-12-23/h6-7,13H,4-5,8-12,14H2,1-3H3,(H,20,25). The number of nitrogens with zero attached hydrogens (tertiary/aromatic N) is 4. The Kier molecular flexibility index (Phi) is 5.71. The number of aromatic nitrogens is 2. The normalized spacial score (nSPS) is 16.4. The number of benzene rings is 1. The molecule has 25 heavy (non-hydrogen) atoms. The summed E-state index contributed by atoms with van der Waals surface area (Å²) in [6, 6.07) is 6.04. The molecule has 0 bridgehead atoms. The van der Waals surface area contributed by atoms with Crippen LogP contribution in [0.3, 0.4) is 0 Å². The van der Waals surface area contributed by atoms with E-state index in [0.29, 0.717) is 6.42 Å². The Hall–Kier alpha value is -1.92. The molecular formula is C19H29N5O. The monoisotopic (exact) mass is 343 g/mol. The van der Waals surface area contributed by atoms with Crippen LogP contribution in [0.15, 0.2) is 18.2 Å². The second-order valence-electron chi connectivity index (χ2n) is 6.86. The Morgan fingerprint density at radius 2 is 1.96 bits per heavy atom. The number of carbonyl (C=O) groups is 1. The van der Waals surface area contributed by atoms with Gasteiger partial charge in [-0.15, -0.1) is 0 Å². The molecule has 6 heteroatoms. The molecule has 0 radical (unpaired) electrons. The van der Waals surface area contributed by atoms with E-state index >= 15 is 0 Å². The minimum absolute atomic E-state index is 0.0324. The number of imidazole rings is 1. The van der Waals surface area contributed by atoms with Crippen LogP contribution in [0, 0.1) is 0 Å². The summed E-state index contributed by atoms with van der Waals surface area (Å²) in [5, 5.41) is 2.93. The van der Waals surface area contributed by atoms with Crippen molar-refractivity contribution >= 4 is 22.6 Å². The van der Waals surface area contributed by atoms with Gasteiger partial charge in [-0.25, -0.2) is 4.98 Å². The maximum Gasteiger partial charge on any atom is 0.224 e. The fourth-order valence-corrected chi connectivity index (χ4v) is 3.31. The highest BCUT2D eigenvalue weighted by Crippen LogP contribution is 2.22. The van der Waals surface area contributed by atoms with Crippen molar-refractivity contribution in [1.29, 1.82) is 0 Å². The Bertz CT molecular complexity index is 731. The number of anilines is 1. The predicted octanol–water partition coefficient (Wildman–Crippen LogP) is 2.54. The molecule has 0 spiro atoms. The van der Waals surface area contributed by atoms with Crippen LogP contribution in [0.1, 0.15) is 32.5 Å². The lowest BCUT2D eigenvalue weighted by Gasteiger charge is -2.32. The van der Waals surface area contributed by atoms with Crippen LogP contribution in [0.5, 0.6) is 0 Å². The molecule has 1 aromatic carbocycles. The van der Waals surface area contributed by atoms with E-state index in [1.54, 1.807) is 0 Å². The summed E-state index contributed by atoms with van der Waals surface area (Å²) in [6.07, 6.45) is 1.56. The first kappa shape index (κ1) is 17.9. The van der Waals surface area contributed by atoms with E-state index in [4.69, 9.17) is 4.98 Å². The number of amides is 1. The molecule has 1 N–H and O–H groups in total. The highest BCUT2D eigenvalue weighted by Gasteiger charge is 2.18. The van der Waals surface area contributed by atoms with Crippen LogP contribution >= 0.6 is 0 Å². The van der Waals surface area contributed by atoms with Crippen LogP contribution in [-0.4, -0.2) is 58.5 Å². The molecule has 6 nitrogen and oxygen atoms in total. The largest absolute Gasteiger partial charge is 0.327 e. The van der Waals surface area contributed by atoms with Gasteiger partial charge in [0.1, 0.15) is 5.82 Å². The number of aryl methyl sites for hydroxylation is 1. The average Bonchev–Trinajstić information content (AvgIpc) is 2.94. The van der Waals surface area contributed by atoms with Crippen molar-refractivity contribution in [1.82, 2.24) is 19.4 Å². The molecule has 1 aliphatic heterocycles. The number of rotatable bonds is 6. The van der Waals surface area contributed by atoms with Crippen LogP contribution in [0.4, 0.5) is 5.69 Å². The summed E-state index contributed by atoms with van der Waals surface area (Å²) < 4.78 is 2.33. The molecule has 2 heterocycles. The number of nitrogens with one attached hydrogen (secondary N) is 1. The molecule has 3 rings (SSSR count). The first-order chi connectivity index (χ1) is 12.1. The van der Waals surface area contributed by atoms with Gasteiger partial charge in [-0.1, -0.05) is 13.8 Å². The summed E-state index contributed by atoms with van der Waals surface area (Å²) in [4.78, 5) is 21.4. The van der Waals surface area contributed by atoms with E-state index in [-0.39, 0.29) is 5.91 Å². The number of likely N-dealkylation sites (N-methyl/N-ethyl adjacent to an activating group) is 1. The van der Waals surface area contributed by atoms with Crippen LogP contribution < -0.4 is 5.32 Å². The second kappa shape index (κ2) is 7.97. The third-order valence-corrected chi connectivity index (χ3v) is 4.84. The lowest BCUT2D eigenvalue weighted by Crippen LogP contribution is -2.44. The van der Waals surface area contributed by atoms with Crippen molar-refractivity contribution < 1.29 is 4.79 Å². The van der Waals surface area contributed by atoms with Gasteiger partial charge in [-0.05, 0) is 31.7 Å². The van der Waals surface area contributed by atoms with E-state index < -0.39 is 0 Å². The molecule has 0 aliphatic carbocycles. The maximum absolute atomic E-state index is 11.6. The number of fused-ring (bicyclic) bond motifs is 1. The van der Waals surface area contributed by atoms with Crippen LogP contribution in [0.2, 0.25) is 0 Å². The molecule has 1 saturated heterocycles. The molecule has 136 valence electrons. The van der Waals surface area contributed by atoms with Crippen molar-refractivity contribution in [3.05, 3.63) is 24.0 Å². The summed E-state index contributed by atoms with van der Waals surface area (Å²) >= 11 is 0. The molecule has 1 aromatic heterocycles. The minimum Gasteiger partial charge on any atom is -0.327 e. The number of piperazine rings is 1. The fourth-order valence-electron chi connectivity index (χ4n) is 3.31. The zero-order valence-corrected chi connectivity index (χ0v) is 15.6. The van der Waals surface area contributed by atoms with Gasteiger partial charge in [0, 0.05) is 44.8 Å². The third kappa shape index (κ3) is 4.19. The smallest absolute Gasteiger partial charge is 0.224 e. The predicted molar refractivity (Wildman–Crippen MR) is 102 cm³/mol. The summed E-state index contributed by atoms with van der Waals surface area (Å²) in [5.41, 5.74) is 2.94. The SMILES string of the molecule is CCCn1c(CN2CCN(C)CC2)nc2cc(NC(=O)CC)ccc21. The maximum atomic E-state index is 11.6. The van der Waals surface area contributed by atoms with Gasteiger partial charge >= 0.3 is 0 Å². The van der Waals surface area contributed by atoms with Gasteiger partial charge in [-0.2, -0.15) is 0 Å². The van der Waals surface area contributed by atoms with E-state index in [1.807, 2.05) is 19.1 Å². The molecule has 1 amide bonds.